The van der Waals surface area contributed by atoms with Crippen molar-refractivity contribution >= 4 is 17.7 Å². The number of carbonyl (C=O) groups is 1. The van der Waals surface area contributed by atoms with Crippen LogP contribution in [0.15, 0.2) is 29.2 Å². The zero-order valence-electron chi connectivity index (χ0n) is 12.9. The molecule has 118 valence electrons. The van der Waals surface area contributed by atoms with Crippen LogP contribution in [-0.4, -0.2) is 23.7 Å². The highest BCUT2D eigenvalue weighted by Crippen LogP contribution is 2.36. The number of rotatable bonds is 3. The molecule has 1 aromatic carbocycles. The van der Waals surface area contributed by atoms with Gasteiger partial charge in [0.1, 0.15) is 0 Å². The van der Waals surface area contributed by atoms with Gasteiger partial charge in [-0.1, -0.05) is 18.2 Å². The molecule has 3 atom stereocenters. The van der Waals surface area contributed by atoms with Crippen molar-refractivity contribution in [2.45, 2.75) is 61.5 Å². The molecule has 0 aliphatic carbocycles. The van der Waals surface area contributed by atoms with E-state index in [4.69, 9.17) is 0 Å². The van der Waals surface area contributed by atoms with Crippen LogP contribution >= 0.6 is 11.8 Å². The summed E-state index contributed by atoms with van der Waals surface area (Å²) in [5.74, 6) is 1.92. The average molecular weight is 316 g/mol. The lowest BCUT2D eigenvalue weighted by Gasteiger charge is -2.30. The van der Waals surface area contributed by atoms with E-state index < -0.39 is 0 Å². The van der Waals surface area contributed by atoms with Crippen LogP contribution in [0.25, 0.3) is 0 Å². The highest BCUT2D eigenvalue weighted by atomic mass is 32.2. The second kappa shape index (κ2) is 6.25. The van der Waals surface area contributed by atoms with Gasteiger partial charge in [-0.15, -0.1) is 11.8 Å². The van der Waals surface area contributed by atoms with Gasteiger partial charge >= 0.3 is 0 Å². The van der Waals surface area contributed by atoms with Crippen molar-refractivity contribution in [3.05, 3.63) is 29.8 Å². The van der Waals surface area contributed by atoms with E-state index in [0.717, 1.165) is 12.2 Å². The Labute approximate surface area is 136 Å². The van der Waals surface area contributed by atoms with Crippen LogP contribution < -0.4 is 10.6 Å². The molecule has 1 aromatic rings. The first-order valence-electron chi connectivity index (χ1n) is 8.55. The minimum absolute atomic E-state index is 0.211. The maximum atomic E-state index is 12.5. The number of thioether (sulfide) groups is 1. The molecule has 0 aromatic heterocycles. The Balaban J connectivity index is 1.37. The fourth-order valence-electron chi connectivity index (χ4n) is 4.35. The largest absolute Gasteiger partial charge is 0.349 e. The lowest BCUT2D eigenvalue weighted by atomic mass is 9.89. The number of hydrogen-bond acceptors (Lipinski definition) is 3. The van der Waals surface area contributed by atoms with Gasteiger partial charge in [0, 0.05) is 29.2 Å². The number of piperidine rings is 1. The van der Waals surface area contributed by atoms with Crippen molar-refractivity contribution in [1.82, 2.24) is 10.6 Å². The summed E-state index contributed by atoms with van der Waals surface area (Å²) in [5, 5.41) is 6.95. The Morgan fingerprint density at radius 3 is 2.77 bits per heavy atom. The van der Waals surface area contributed by atoms with E-state index in [1.54, 1.807) is 0 Å². The molecule has 3 aliphatic rings. The van der Waals surface area contributed by atoms with Crippen molar-refractivity contribution in [3.8, 4) is 0 Å². The summed E-state index contributed by atoms with van der Waals surface area (Å²) in [5.41, 5.74) is 1.30. The Morgan fingerprint density at radius 1 is 1.18 bits per heavy atom. The first-order chi connectivity index (χ1) is 10.8. The molecule has 0 spiro atoms. The summed E-state index contributed by atoms with van der Waals surface area (Å²) in [6, 6.07) is 10.0. The number of benzene rings is 1. The van der Waals surface area contributed by atoms with E-state index in [-0.39, 0.29) is 11.9 Å². The van der Waals surface area contributed by atoms with Crippen molar-refractivity contribution in [1.29, 1.82) is 0 Å². The minimum Gasteiger partial charge on any atom is -0.349 e. The standard InChI is InChI=1S/C18H24N2OS/c21-18(11-12-9-13-5-6-14(10-12)19-13)20-16-7-8-22-17-4-2-1-3-15(16)17/h1-4,12-14,16,19H,5-11H2,(H,20,21). The van der Waals surface area contributed by atoms with Gasteiger partial charge in [0.25, 0.3) is 0 Å². The van der Waals surface area contributed by atoms with Crippen LogP contribution in [-0.2, 0) is 4.79 Å². The van der Waals surface area contributed by atoms with Gasteiger partial charge in [0.15, 0.2) is 0 Å². The van der Waals surface area contributed by atoms with Crippen LogP contribution in [0, 0.1) is 5.92 Å². The van der Waals surface area contributed by atoms with Gasteiger partial charge in [-0.3, -0.25) is 4.79 Å². The molecule has 3 heterocycles. The molecule has 2 saturated heterocycles. The van der Waals surface area contributed by atoms with E-state index in [0.29, 0.717) is 24.4 Å². The molecule has 3 aliphatic heterocycles. The van der Waals surface area contributed by atoms with E-state index in [9.17, 15) is 4.79 Å². The molecule has 1 amide bonds. The van der Waals surface area contributed by atoms with E-state index >= 15 is 0 Å². The Bertz CT molecular complexity index is 550. The lowest BCUT2D eigenvalue weighted by molar-refractivity contribution is -0.123. The first kappa shape index (κ1) is 14.6. The highest BCUT2D eigenvalue weighted by molar-refractivity contribution is 7.99. The molecular formula is C18H24N2OS. The van der Waals surface area contributed by atoms with Crippen LogP contribution in [0.2, 0.25) is 0 Å². The summed E-state index contributed by atoms with van der Waals surface area (Å²) in [6.07, 6.45) is 6.72. The number of amides is 1. The third kappa shape index (κ3) is 3.04. The van der Waals surface area contributed by atoms with Crippen molar-refractivity contribution in [2.24, 2.45) is 5.92 Å². The maximum absolute atomic E-state index is 12.5. The Morgan fingerprint density at radius 2 is 1.95 bits per heavy atom. The van der Waals surface area contributed by atoms with Crippen molar-refractivity contribution < 1.29 is 4.79 Å². The molecule has 4 rings (SSSR count). The zero-order chi connectivity index (χ0) is 14.9. The van der Waals surface area contributed by atoms with Crippen LogP contribution in [0.1, 0.15) is 50.1 Å². The third-order valence-electron chi connectivity index (χ3n) is 5.34. The molecule has 4 heteroatoms. The second-order valence-electron chi connectivity index (χ2n) is 6.97. The molecule has 3 nitrogen and oxygen atoms in total. The number of nitrogens with one attached hydrogen (secondary N) is 2. The third-order valence-corrected chi connectivity index (χ3v) is 6.46. The fraction of sp³-hybridized carbons (Fsp3) is 0.611. The first-order valence-corrected chi connectivity index (χ1v) is 9.53. The van der Waals surface area contributed by atoms with Gasteiger partial charge < -0.3 is 10.6 Å². The van der Waals surface area contributed by atoms with Gasteiger partial charge in [-0.25, -0.2) is 0 Å². The average Bonchev–Trinajstić information content (AvgIpc) is 2.86. The molecular weight excluding hydrogens is 292 g/mol. The number of hydrogen-bond donors (Lipinski definition) is 2. The zero-order valence-corrected chi connectivity index (χ0v) is 13.7. The van der Waals surface area contributed by atoms with Crippen LogP contribution in [0.4, 0.5) is 0 Å². The second-order valence-corrected chi connectivity index (χ2v) is 8.11. The predicted octanol–water partition coefficient (Wildman–Crippen LogP) is 3.26. The van der Waals surface area contributed by atoms with Crippen LogP contribution in [0.5, 0.6) is 0 Å². The SMILES string of the molecule is O=C(CC1CC2CCC(C1)N2)NC1CCSc2ccccc21. The lowest BCUT2D eigenvalue weighted by Crippen LogP contribution is -2.40. The summed E-state index contributed by atoms with van der Waals surface area (Å²) in [4.78, 5) is 13.8. The highest BCUT2D eigenvalue weighted by Gasteiger charge is 2.34. The normalized spacial score (nSPS) is 33.3. The number of carbonyl (C=O) groups excluding carboxylic acids is 1. The molecule has 2 N–H and O–H groups in total. The van der Waals surface area contributed by atoms with Gasteiger partial charge in [-0.05, 0) is 49.7 Å². The molecule has 2 bridgehead atoms. The molecule has 0 saturated carbocycles. The van der Waals surface area contributed by atoms with Gasteiger partial charge in [-0.2, -0.15) is 0 Å². The predicted molar refractivity (Wildman–Crippen MR) is 90.0 cm³/mol. The molecule has 3 unspecified atom stereocenters. The van der Waals surface area contributed by atoms with Gasteiger partial charge in [0.2, 0.25) is 5.91 Å². The van der Waals surface area contributed by atoms with Crippen LogP contribution in [0.3, 0.4) is 0 Å². The Hall–Kier alpha value is -1.00. The van der Waals surface area contributed by atoms with E-state index in [1.165, 1.54) is 36.1 Å². The molecule has 2 fully saturated rings. The van der Waals surface area contributed by atoms with Crippen molar-refractivity contribution in [2.75, 3.05) is 5.75 Å². The topological polar surface area (TPSA) is 41.1 Å². The smallest absolute Gasteiger partial charge is 0.220 e. The molecule has 22 heavy (non-hydrogen) atoms. The summed E-state index contributed by atoms with van der Waals surface area (Å²) in [7, 11) is 0. The summed E-state index contributed by atoms with van der Waals surface area (Å²) in [6.45, 7) is 0. The quantitative estimate of drug-likeness (QED) is 0.899. The Kier molecular flexibility index (Phi) is 4.14. The maximum Gasteiger partial charge on any atom is 0.220 e. The minimum atomic E-state index is 0.211. The summed E-state index contributed by atoms with van der Waals surface area (Å²) >= 11 is 1.90. The number of fused-ring (bicyclic) bond motifs is 3. The summed E-state index contributed by atoms with van der Waals surface area (Å²) < 4.78 is 0. The monoisotopic (exact) mass is 316 g/mol. The van der Waals surface area contributed by atoms with E-state index in [1.807, 2.05) is 11.8 Å². The van der Waals surface area contributed by atoms with Crippen molar-refractivity contribution in [3.63, 3.8) is 0 Å². The van der Waals surface area contributed by atoms with E-state index in [2.05, 4.69) is 34.9 Å². The fourth-order valence-corrected chi connectivity index (χ4v) is 5.47. The van der Waals surface area contributed by atoms with Gasteiger partial charge in [0.05, 0.1) is 6.04 Å². The molecule has 0 radical (unpaired) electrons.